The van der Waals surface area contributed by atoms with E-state index >= 15 is 0 Å². The van der Waals surface area contributed by atoms with Crippen LogP contribution in [0.5, 0.6) is 5.75 Å². The molecule has 0 saturated carbocycles. The summed E-state index contributed by atoms with van der Waals surface area (Å²) in [6.45, 7) is 1.94. The summed E-state index contributed by atoms with van der Waals surface area (Å²) < 4.78 is 16.8. The molecule has 0 unspecified atom stereocenters. The van der Waals surface area contributed by atoms with Gasteiger partial charge < -0.3 is 24.2 Å². The highest BCUT2D eigenvalue weighted by Gasteiger charge is 2.12. The third-order valence-electron chi connectivity index (χ3n) is 2.15. The van der Waals surface area contributed by atoms with Gasteiger partial charge in [0, 0.05) is 18.8 Å². The van der Waals surface area contributed by atoms with Crippen LogP contribution in [0.1, 0.15) is 5.69 Å². The molecule has 3 N–H and O–H groups in total. The molecule has 0 aromatic carbocycles. The third-order valence-corrected chi connectivity index (χ3v) is 2.67. The Labute approximate surface area is 97.4 Å². The number of hydrogen-bond acceptors (Lipinski definition) is 4. The molecule has 0 aliphatic carbocycles. The van der Waals surface area contributed by atoms with E-state index in [1.807, 2.05) is 0 Å². The summed E-state index contributed by atoms with van der Waals surface area (Å²) in [4.78, 5) is 28.2. The van der Waals surface area contributed by atoms with E-state index in [9.17, 15) is 14.5 Å². The van der Waals surface area contributed by atoms with Gasteiger partial charge in [0.15, 0.2) is 5.75 Å². The molecule has 7 nitrogen and oxygen atoms in total. The van der Waals surface area contributed by atoms with Gasteiger partial charge in [-0.1, -0.05) is 0 Å². The van der Waals surface area contributed by atoms with Crippen molar-refractivity contribution in [3.63, 3.8) is 0 Å². The number of rotatable bonds is 5. The Morgan fingerprint density at radius 1 is 1.47 bits per heavy atom. The summed E-state index contributed by atoms with van der Waals surface area (Å²) in [6, 6.07) is 1.21. The predicted molar refractivity (Wildman–Crippen MR) is 60.0 cm³/mol. The molecule has 0 bridgehead atoms. The van der Waals surface area contributed by atoms with Crippen LogP contribution < -0.4 is 5.43 Å². The van der Waals surface area contributed by atoms with Crippen LogP contribution in [-0.2, 0) is 15.8 Å². The van der Waals surface area contributed by atoms with E-state index < -0.39 is 19.4 Å². The minimum Gasteiger partial charge on any atom is -0.503 e. The molecule has 0 aliphatic heterocycles. The van der Waals surface area contributed by atoms with Crippen LogP contribution in [0.4, 0.5) is 0 Å². The normalized spacial score (nSPS) is 11.7. The Hall–Kier alpha value is -1.14. The molecular weight excluding hydrogens is 249 g/mol. The first kappa shape index (κ1) is 13.9. The Kier molecular flexibility index (Phi) is 4.47. The van der Waals surface area contributed by atoms with Gasteiger partial charge in [0.2, 0.25) is 5.43 Å². The van der Waals surface area contributed by atoms with Crippen molar-refractivity contribution >= 4 is 7.60 Å². The van der Waals surface area contributed by atoms with Crippen LogP contribution >= 0.6 is 7.60 Å². The molecule has 0 saturated heterocycles. The second-order valence-electron chi connectivity index (χ2n) is 3.51. The van der Waals surface area contributed by atoms with E-state index in [4.69, 9.17) is 14.5 Å². The van der Waals surface area contributed by atoms with Crippen molar-refractivity contribution in [2.75, 3.05) is 13.0 Å². The van der Waals surface area contributed by atoms with Gasteiger partial charge in [0.05, 0.1) is 12.3 Å². The zero-order valence-corrected chi connectivity index (χ0v) is 10.1. The van der Waals surface area contributed by atoms with Crippen molar-refractivity contribution in [3.05, 3.63) is 28.2 Å². The lowest BCUT2D eigenvalue weighted by atomic mass is 10.3. The highest BCUT2D eigenvalue weighted by Crippen LogP contribution is 2.33. The Morgan fingerprint density at radius 3 is 2.71 bits per heavy atom. The fourth-order valence-corrected chi connectivity index (χ4v) is 1.62. The van der Waals surface area contributed by atoms with Gasteiger partial charge in [-0.15, -0.1) is 0 Å². The van der Waals surface area contributed by atoms with Crippen molar-refractivity contribution < 1.29 is 24.2 Å². The maximum Gasteiger partial charge on any atom is 0.350 e. The standard InChI is InChI=1S/C9H14NO6P/c1-7-9(12)8(11)2-3-10(7)4-5-16-6-17(13,14)15/h2-3,12H,4-6H2,1H3,(H2,13,14,15). The van der Waals surface area contributed by atoms with E-state index in [2.05, 4.69) is 0 Å². The number of nitrogens with zero attached hydrogens (tertiary/aromatic N) is 1. The second-order valence-corrected chi connectivity index (χ2v) is 5.10. The van der Waals surface area contributed by atoms with Crippen LogP contribution in [0.2, 0.25) is 0 Å². The smallest absolute Gasteiger partial charge is 0.350 e. The topological polar surface area (TPSA) is 109 Å². The van der Waals surface area contributed by atoms with E-state index in [1.165, 1.54) is 12.3 Å². The van der Waals surface area contributed by atoms with Crippen LogP contribution in [0.25, 0.3) is 0 Å². The molecule has 96 valence electrons. The Morgan fingerprint density at radius 2 is 2.12 bits per heavy atom. The number of pyridine rings is 1. The molecule has 1 aromatic heterocycles. The van der Waals surface area contributed by atoms with Gasteiger partial charge in [-0.2, -0.15) is 0 Å². The van der Waals surface area contributed by atoms with Crippen molar-refractivity contribution in [1.29, 1.82) is 0 Å². The van der Waals surface area contributed by atoms with Crippen molar-refractivity contribution in [3.8, 4) is 5.75 Å². The lowest BCUT2D eigenvalue weighted by Gasteiger charge is -2.11. The minimum absolute atomic E-state index is 0.0776. The lowest BCUT2D eigenvalue weighted by Crippen LogP contribution is -2.13. The van der Waals surface area contributed by atoms with Crippen LogP contribution in [0.15, 0.2) is 17.1 Å². The van der Waals surface area contributed by atoms with Crippen molar-refractivity contribution in [2.45, 2.75) is 13.5 Å². The summed E-state index contributed by atoms with van der Waals surface area (Å²) >= 11 is 0. The zero-order chi connectivity index (χ0) is 13.1. The molecule has 1 rings (SSSR count). The molecule has 0 radical (unpaired) electrons. The summed E-state index contributed by atoms with van der Waals surface area (Å²) in [7, 11) is -4.15. The van der Waals surface area contributed by atoms with Crippen LogP contribution in [0, 0.1) is 6.92 Å². The molecule has 0 spiro atoms. The molecule has 0 atom stereocenters. The lowest BCUT2D eigenvalue weighted by molar-refractivity contribution is 0.148. The van der Waals surface area contributed by atoms with Crippen molar-refractivity contribution in [1.82, 2.24) is 4.57 Å². The summed E-state index contributed by atoms with van der Waals surface area (Å²) in [5.74, 6) is -0.331. The highest BCUT2D eigenvalue weighted by molar-refractivity contribution is 7.51. The van der Waals surface area contributed by atoms with Crippen LogP contribution in [-0.4, -0.2) is 32.4 Å². The second kappa shape index (κ2) is 5.46. The predicted octanol–water partition coefficient (Wildman–Crippen LogP) is 0.0141. The average Bonchev–Trinajstić information content (AvgIpc) is 2.22. The molecule has 0 amide bonds. The monoisotopic (exact) mass is 263 g/mol. The van der Waals surface area contributed by atoms with Gasteiger partial charge in [-0.3, -0.25) is 9.36 Å². The van der Waals surface area contributed by atoms with Gasteiger partial charge >= 0.3 is 7.60 Å². The van der Waals surface area contributed by atoms with E-state index in [0.717, 1.165) is 0 Å². The van der Waals surface area contributed by atoms with E-state index in [-0.39, 0.29) is 12.4 Å². The highest BCUT2D eigenvalue weighted by atomic mass is 31.2. The largest absolute Gasteiger partial charge is 0.503 e. The van der Waals surface area contributed by atoms with Crippen molar-refractivity contribution in [2.24, 2.45) is 0 Å². The van der Waals surface area contributed by atoms with Gasteiger partial charge in [-0.25, -0.2) is 0 Å². The summed E-state index contributed by atoms with van der Waals surface area (Å²) in [5.41, 5.74) is -0.0767. The first-order valence-electron chi connectivity index (χ1n) is 4.82. The van der Waals surface area contributed by atoms with E-state index in [0.29, 0.717) is 12.2 Å². The first-order chi connectivity index (χ1) is 7.81. The number of ether oxygens (including phenoxy) is 1. The molecule has 0 fully saturated rings. The Bertz CT molecular complexity index is 491. The van der Waals surface area contributed by atoms with Gasteiger partial charge in [-0.05, 0) is 6.92 Å². The van der Waals surface area contributed by atoms with E-state index in [1.54, 1.807) is 11.5 Å². The number of aromatic hydroxyl groups is 1. The fraction of sp³-hybridized carbons (Fsp3) is 0.444. The SMILES string of the molecule is Cc1c(O)c(=O)ccn1CCOCP(=O)(O)O. The number of aromatic nitrogens is 1. The van der Waals surface area contributed by atoms with Gasteiger partial charge in [0.25, 0.3) is 0 Å². The molecule has 0 aliphatic rings. The Balaban J connectivity index is 2.56. The third kappa shape index (κ3) is 4.32. The summed E-state index contributed by atoms with van der Waals surface area (Å²) in [6.07, 6.45) is 0.844. The van der Waals surface area contributed by atoms with Gasteiger partial charge in [0.1, 0.15) is 6.35 Å². The summed E-state index contributed by atoms with van der Waals surface area (Å²) in [5, 5.41) is 9.37. The maximum atomic E-state index is 11.1. The average molecular weight is 263 g/mol. The molecule has 17 heavy (non-hydrogen) atoms. The quantitative estimate of drug-likeness (QED) is 0.510. The first-order valence-corrected chi connectivity index (χ1v) is 6.62. The minimum atomic E-state index is -4.15. The van der Waals surface area contributed by atoms with Crippen LogP contribution in [0.3, 0.4) is 0 Å². The molecule has 8 heteroatoms. The maximum absolute atomic E-state index is 11.1. The zero-order valence-electron chi connectivity index (χ0n) is 9.24. The molecular formula is C9H14NO6P. The molecule has 1 aromatic rings. The number of hydrogen-bond donors (Lipinski definition) is 3. The molecule has 1 heterocycles. The fourth-order valence-electron chi connectivity index (χ4n) is 1.25.